The van der Waals surface area contributed by atoms with Gasteiger partial charge >= 0.3 is 12.1 Å². The Balaban J connectivity index is 2.58. The third-order valence-corrected chi connectivity index (χ3v) is 4.78. The first-order valence-corrected chi connectivity index (χ1v) is 7.95. The Hall–Kier alpha value is -1.71. The number of hydrogen-bond acceptors (Lipinski definition) is 8. The maximum atomic E-state index is 12.9. The van der Waals surface area contributed by atoms with Gasteiger partial charge in [-0.05, 0) is 27.7 Å². The van der Waals surface area contributed by atoms with Crippen molar-refractivity contribution in [1.82, 2.24) is 4.90 Å². The van der Waals surface area contributed by atoms with Crippen molar-refractivity contribution in [3.63, 3.8) is 0 Å². The number of carbonyl (C=O) groups is 3. The highest BCUT2D eigenvalue weighted by Gasteiger charge is 2.76. The van der Waals surface area contributed by atoms with Crippen molar-refractivity contribution < 1.29 is 38.4 Å². The Morgan fingerprint density at radius 2 is 1.96 bits per heavy atom. The van der Waals surface area contributed by atoms with Crippen LogP contribution in [0.4, 0.5) is 4.79 Å². The zero-order valence-corrected chi connectivity index (χ0v) is 15.3. The SMILES string of the molecule is COC(=O)C1(CO)N(C(=O)OC(C)(C)C)C(=O)C2CC(OC)OC21C. The smallest absolute Gasteiger partial charge is 0.418 e. The molecule has 2 heterocycles. The Kier molecular flexibility index (Phi) is 4.88. The summed E-state index contributed by atoms with van der Waals surface area (Å²) in [6.07, 6.45) is -1.63. The van der Waals surface area contributed by atoms with Crippen molar-refractivity contribution in [3.8, 4) is 0 Å². The van der Waals surface area contributed by atoms with Gasteiger partial charge in [0, 0.05) is 13.5 Å². The highest BCUT2D eigenvalue weighted by Crippen LogP contribution is 2.53. The van der Waals surface area contributed by atoms with Crippen LogP contribution in [0.2, 0.25) is 0 Å². The number of carbonyl (C=O) groups excluding carboxylic acids is 3. The second kappa shape index (κ2) is 6.22. The molecule has 2 fully saturated rings. The van der Waals surface area contributed by atoms with Crippen LogP contribution in [0.25, 0.3) is 0 Å². The molecular formula is C16H25NO8. The third kappa shape index (κ3) is 2.70. The van der Waals surface area contributed by atoms with E-state index in [1.807, 2.05) is 0 Å². The number of amides is 2. The average molecular weight is 359 g/mol. The summed E-state index contributed by atoms with van der Waals surface area (Å²) in [4.78, 5) is 38.9. The second-order valence-corrected chi connectivity index (χ2v) is 7.34. The van der Waals surface area contributed by atoms with Crippen LogP contribution in [-0.2, 0) is 28.5 Å². The lowest BCUT2D eigenvalue weighted by atomic mass is 9.77. The van der Waals surface area contributed by atoms with Gasteiger partial charge in [-0.1, -0.05) is 0 Å². The van der Waals surface area contributed by atoms with Crippen LogP contribution < -0.4 is 0 Å². The molecule has 0 bridgehead atoms. The van der Waals surface area contributed by atoms with Crippen molar-refractivity contribution in [1.29, 1.82) is 0 Å². The van der Waals surface area contributed by atoms with Crippen molar-refractivity contribution in [2.75, 3.05) is 20.8 Å². The molecule has 0 aromatic rings. The van der Waals surface area contributed by atoms with Crippen molar-refractivity contribution in [3.05, 3.63) is 0 Å². The zero-order chi connectivity index (χ0) is 19.2. The van der Waals surface area contributed by atoms with Crippen LogP contribution in [0.5, 0.6) is 0 Å². The van der Waals surface area contributed by atoms with E-state index in [1.54, 1.807) is 20.8 Å². The minimum Gasteiger partial charge on any atom is -0.467 e. The van der Waals surface area contributed by atoms with Gasteiger partial charge in [-0.3, -0.25) is 4.79 Å². The van der Waals surface area contributed by atoms with Gasteiger partial charge < -0.3 is 24.1 Å². The fourth-order valence-electron chi connectivity index (χ4n) is 3.56. The first-order chi connectivity index (χ1) is 11.5. The van der Waals surface area contributed by atoms with Gasteiger partial charge in [0.15, 0.2) is 6.29 Å². The van der Waals surface area contributed by atoms with Crippen molar-refractivity contribution in [2.24, 2.45) is 5.92 Å². The van der Waals surface area contributed by atoms with Gasteiger partial charge in [0.2, 0.25) is 11.4 Å². The molecule has 1 N–H and O–H groups in total. The van der Waals surface area contributed by atoms with Gasteiger partial charge in [-0.2, -0.15) is 0 Å². The maximum Gasteiger partial charge on any atom is 0.418 e. The summed E-state index contributed by atoms with van der Waals surface area (Å²) in [6, 6.07) is 0. The predicted molar refractivity (Wildman–Crippen MR) is 83.3 cm³/mol. The minimum atomic E-state index is -2.06. The molecule has 2 saturated heterocycles. The first-order valence-electron chi connectivity index (χ1n) is 7.95. The number of rotatable bonds is 3. The summed E-state index contributed by atoms with van der Waals surface area (Å²) < 4.78 is 21.0. The third-order valence-electron chi connectivity index (χ3n) is 4.78. The van der Waals surface area contributed by atoms with Crippen molar-refractivity contribution in [2.45, 2.75) is 57.1 Å². The molecule has 0 spiro atoms. The fourth-order valence-corrected chi connectivity index (χ4v) is 3.56. The first kappa shape index (κ1) is 19.6. The number of ether oxygens (including phenoxy) is 4. The molecule has 0 aromatic heterocycles. The molecule has 25 heavy (non-hydrogen) atoms. The van der Waals surface area contributed by atoms with Crippen LogP contribution in [0.3, 0.4) is 0 Å². The minimum absolute atomic E-state index is 0.143. The summed E-state index contributed by atoms with van der Waals surface area (Å²) in [7, 11) is 2.51. The fraction of sp³-hybridized carbons (Fsp3) is 0.812. The molecule has 2 aliphatic heterocycles. The lowest BCUT2D eigenvalue weighted by Gasteiger charge is -2.42. The predicted octanol–water partition coefficient (Wildman–Crippen LogP) is 0.436. The average Bonchev–Trinajstić information content (AvgIpc) is 2.94. The maximum absolute atomic E-state index is 12.9. The molecule has 9 heteroatoms. The Morgan fingerprint density at radius 3 is 2.40 bits per heavy atom. The molecular weight excluding hydrogens is 334 g/mol. The van der Waals surface area contributed by atoms with E-state index in [0.29, 0.717) is 4.90 Å². The van der Waals surface area contributed by atoms with Crippen molar-refractivity contribution >= 4 is 18.0 Å². The van der Waals surface area contributed by atoms with Gasteiger partial charge in [0.05, 0.1) is 19.6 Å². The highest BCUT2D eigenvalue weighted by molar-refractivity contribution is 6.05. The number of fused-ring (bicyclic) bond motifs is 1. The van der Waals surface area contributed by atoms with E-state index in [1.165, 1.54) is 14.0 Å². The lowest BCUT2D eigenvalue weighted by Crippen LogP contribution is -2.68. The summed E-state index contributed by atoms with van der Waals surface area (Å²) in [5.41, 5.74) is -4.47. The van der Waals surface area contributed by atoms with Crippen LogP contribution in [-0.4, -0.2) is 71.8 Å². The topological polar surface area (TPSA) is 112 Å². The van der Waals surface area contributed by atoms with E-state index < -0.39 is 53.5 Å². The van der Waals surface area contributed by atoms with Gasteiger partial charge in [-0.25, -0.2) is 14.5 Å². The molecule has 0 aliphatic carbocycles. The standard InChI is InChI=1S/C16H25NO8/c1-14(2,3)25-13(21)17-11(19)9-7-10(22-5)24-15(9,4)16(17,8-18)12(20)23-6/h9-10,18H,7-8H2,1-6H3. The molecule has 142 valence electrons. The largest absolute Gasteiger partial charge is 0.467 e. The molecule has 0 saturated carbocycles. The number of likely N-dealkylation sites (tertiary alicyclic amines) is 1. The van der Waals surface area contributed by atoms with Gasteiger partial charge in [0.25, 0.3) is 0 Å². The van der Waals surface area contributed by atoms with Crippen LogP contribution in [0.1, 0.15) is 34.1 Å². The zero-order valence-electron chi connectivity index (χ0n) is 15.3. The van der Waals surface area contributed by atoms with E-state index in [4.69, 9.17) is 18.9 Å². The monoisotopic (exact) mass is 359 g/mol. The molecule has 2 rings (SSSR count). The quantitative estimate of drug-likeness (QED) is 0.722. The van der Waals surface area contributed by atoms with Gasteiger partial charge in [-0.15, -0.1) is 0 Å². The summed E-state index contributed by atoms with van der Waals surface area (Å²) in [5.74, 6) is -2.50. The van der Waals surface area contributed by atoms with E-state index in [-0.39, 0.29) is 6.42 Å². The Morgan fingerprint density at radius 1 is 1.36 bits per heavy atom. The van der Waals surface area contributed by atoms with E-state index >= 15 is 0 Å². The molecule has 2 amide bonds. The number of aliphatic hydroxyl groups is 1. The molecule has 9 nitrogen and oxygen atoms in total. The number of methoxy groups -OCH3 is 2. The van der Waals surface area contributed by atoms with E-state index in [0.717, 1.165) is 7.11 Å². The molecule has 4 unspecified atom stereocenters. The van der Waals surface area contributed by atoms with E-state index in [2.05, 4.69) is 0 Å². The van der Waals surface area contributed by atoms with Gasteiger partial charge in [0.1, 0.15) is 11.2 Å². The van der Waals surface area contributed by atoms with Crippen LogP contribution in [0.15, 0.2) is 0 Å². The Labute approximate surface area is 146 Å². The normalized spacial score (nSPS) is 34.8. The van der Waals surface area contributed by atoms with E-state index in [9.17, 15) is 19.5 Å². The lowest BCUT2D eigenvalue weighted by molar-refractivity contribution is -0.205. The summed E-state index contributed by atoms with van der Waals surface area (Å²) in [6.45, 7) is 5.51. The molecule has 2 aliphatic rings. The summed E-state index contributed by atoms with van der Waals surface area (Å²) >= 11 is 0. The number of aliphatic hydroxyl groups excluding tert-OH is 1. The van der Waals surface area contributed by atoms with Crippen LogP contribution in [0, 0.1) is 5.92 Å². The molecule has 0 aromatic carbocycles. The molecule has 4 atom stereocenters. The highest BCUT2D eigenvalue weighted by atomic mass is 16.7. The van der Waals surface area contributed by atoms with Crippen LogP contribution >= 0.6 is 0 Å². The Bertz CT molecular complexity index is 585. The second-order valence-electron chi connectivity index (χ2n) is 7.34. The number of esters is 1. The number of imide groups is 1. The summed E-state index contributed by atoms with van der Waals surface area (Å²) in [5, 5.41) is 10.1. The molecule has 0 radical (unpaired) electrons. The number of hydrogen-bond donors (Lipinski definition) is 1. The number of nitrogens with zero attached hydrogens (tertiary/aromatic N) is 1.